The quantitative estimate of drug-likeness (QED) is 0.826. The second kappa shape index (κ2) is 7.37. The molecule has 0 atom stereocenters. The minimum atomic E-state index is 0.0817. The highest BCUT2D eigenvalue weighted by atomic mass is 35.5. The van der Waals surface area contributed by atoms with E-state index in [1.165, 1.54) is 12.8 Å². The van der Waals surface area contributed by atoms with Gasteiger partial charge in [-0.15, -0.1) is 10.2 Å². The Labute approximate surface area is 158 Å². The summed E-state index contributed by atoms with van der Waals surface area (Å²) in [5.41, 5.74) is 0.699. The van der Waals surface area contributed by atoms with Crippen molar-refractivity contribution in [2.24, 2.45) is 7.05 Å². The first-order valence-corrected chi connectivity index (χ1v) is 9.65. The highest BCUT2D eigenvalue weighted by molar-refractivity contribution is 6.30. The summed E-state index contributed by atoms with van der Waals surface area (Å²) in [6.07, 6.45) is 3.43. The molecule has 0 unspecified atom stereocenters. The molecule has 2 fully saturated rings. The van der Waals surface area contributed by atoms with E-state index in [-0.39, 0.29) is 5.91 Å². The van der Waals surface area contributed by atoms with Gasteiger partial charge in [-0.2, -0.15) is 0 Å². The molecule has 1 amide bonds. The van der Waals surface area contributed by atoms with E-state index in [9.17, 15) is 4.79 Å². The number of hydrogen-bond acceptors (Lipinski definition) is 4. The number of carbonyl (C=O) groups excluding carboxylic acids is 1. The van der Waals surface area contributed by atoms with Crippen LogP contribution in [0.1, 0.15) is 47.2 Å². The lowest BCUT2D eigenvalue weighted by Crippen LogP contribution is -2.35. The molecule has 4 rings (SSSR count). The normalized spacial score (nSPS) is 18.8. The van der Waals surface area contributed by atoms with Crippen LogP contribution < -0.4 is 0 Å². The van der Waals surface area contributed by atoms with Crippen molar-refractivity contribution in [2.45, 2.75) is 31.7 Å². The lowest BCUT2D eigenvalue weighted by atomic mass is 10.2. The van der Waals surface area contributed by atoms with E-state index < -0.39 is 0 Å². The number of benzene rings is 1. The molecule has 0 bridgehead atoms. The largest absolute Gasteiger partial charge is 0.337 e. The molecule has 1 aromatic carbocycles. The highest BCUT2D eigenvalue weighted by Gasteiger charge is 2.29. The first kappa shape index (κ1) is 17.5. The smallest absolute Gasteiger partial charge is 0.253 e. The van der Waals surface area contributed by atoms with Crippen LogP contribution in [0, 0.1) is 0 Å². The second-order valence-corrected chi connectivity index (χ2v) is 7.67. The molecule has 0 radical (unpaired) electrons. The van der Waals surface area contributed by atoms with Crippen molar-refractivity contribution in [3.63, 3.8) is 0 Å². The van der Waals surface area contributed by atoms with Gasteiger partial charge in [-0.25, -0.2) is 0 Å². The zero-order valence-corrected chi connectivity index (χ0v) is 15.8. The van der Waals surface area contributed by atoms with E-state index in [2.05, 4.69) is 26.7 Å². The van der Waals surface area contributed by atoms with Gasteiger partial charge >= 0.3 is 0 Å². The fraction of sp³-hybridized carbons (Fsp3) is 0.526. The van der Waals surface area contributed by atoms with Gasteiger partial charge < -0.3 is 9.47 Å². The first-order chi connectivity index (χ1) is 12.6. The second-order valence-electron chi connectivity index (χ2n) is 7.24. The van der Waals surface area contributed by atoms with Gasteiger partial charge in [0.2, 0.25) is 0 Å². The molecule has 2 aliphatic rings. The maximum absolute atomic E-state index is 12.7. The number of rotatable bonds is 4. The fourth-order valence-corrected chi connectivity index (χ4v) is 3.64. The molecule has 1 saturated heterocycles. The Morgan fingerprint density at radius 2 is 1.88 bits per heavy atom. The van der Waals surface area contributed by atoms with Crippen LogP contribution in [0.15, 0.2) is 24.3 Å². The van der Waals surface area contributed by atoms with E-state index >= 15 is 0 Å². The van der Waals surface area contributed by atoms with Gasteiger partial charge in [0.1, 0.15) is 11.6 Å². The third-order valence-corrected chi connectivity index (χ3v) is 5.53. The van der Waals surface area contributed by atoms with E-state index in [1.807, 2.05) is 4.90 Å². The number of carbonyl (C=O) groups is 1. The number of halogens is 1. The predicted molar refractivity (Wildman–Crippen MR) is 100 cm³/mol. The van der Waals surface area contributed by atoms with Gasteiger partial charge in [-0.3, -0.25) is 9.69 Å². The van der Waals surface area contributed by atoms with Crippen molar-refractivity contribution >= 4 is 17.5 Å². The summed E-state index contributed by atoms with van der Waals surface area (Å²) in [4.78, 5) is 17.0. The molecule has 2 aromatic rings. The van der Waals surface area contributed by atoms with E-state index in [4.69, 9.17) is 11.6 Å². The van der Waals surface area contributed by atoms with Gasteiger partial charge in [0.15, 0.2) is 0 Å². The summed E-state index contributed by atoms with van der Waals surface area (Å²) in [6.45, 7) is 4.12. The van der Waals surface area contributed by atoms with Gasteiger partial charge in [0, 0.05) is 49.7 Å². The van der Waals surface area contributed by atoms with Crippen molar-refractivity contribution in [2.75, 3.05) is 26.2 Å². The van der Waals surface area contributed by atoms with Crippen LogP contribution >= 0.6 is 11.6 Å². The van der Waals surface area contributed by atoms with E-state index in [0.717, 1.165) is 50.8 Å². The molecule has 1 aliphatic carbocycles. The zero-order valence-electron chi connectivity index (χ0n) is 15.1. The minimum absolute atomic E-state index is 0.0817. The van der Waals surface area contributed by atoms with Crippen LogP contribution in [0.5, 0.6) is 0 Å². The first-order valence-electron chi connectivity index (χ1n) is 9.27. The minimum Gasteiger partial charge on any atom is -0.337 e. The molecule has 26 heavy (non-hydrogen) atoms. The van der Waals surface area contributed by atoms with Crippen molar-refractivity contribution in [1.29, 1.82) is 0 Å². The summed E-state index contributed by atoms with van der Waals surface area (Å²) >= 11 is 5.92. The average Bonchev–Trinajstić information content (AvgIpc) is 3.44. The Balaban J connectivity index is 1.37. The Bertz CT molecular complexity index is 784. The Kier molecular flexibility index (Phi) is 4.96. The van der Waals surface area contributed by atoms with Crippen molar-refractivity contribution in [3.05, 3.63) is 46.5 Å². The number of amides is 1. The average molecular weight is 374 g/mol. The maximum atomic E-state index is 12.7. The van der Waals surface area contributed by atoms with E-state index in [1.54, 1.807) is 24.3 Å². The molecule has 0 N–H and O–H groups in total. The van der Waals surface area contributed by atoms with Crippen molar-refractivity contribution in [1.82, 2.24) is 24.6 Å². The maximum Gasteiger partial charge on any atom is 0.253 e. The molecular weight excluding hydrogens is 350 g/mol. The lowest BCUT2D eigenvalue weighted by Gasteiger charge is -2.22. The lowest BCUT2D eigenvalue weighted by molar-refractivity contribution is 0.0761. The fourth-order valence-electron chi connectivity index (χ4n) is 3.52. The van der Waals surface area contributed by atoms with Gasteiger partial charge in [0.05, 0.1) is 6.54 Å². The number of nitrogens with zero attached hydrogens (tertiary/aromatic N) is 5. The monoisotopic (exact) mass is 373 g/mol. The summed E-state index contributed by atoms with van der Waals surface area (Å²) in [5.74, 6) is 2.83. The molecule has 0 spiro atoms. The molecule has 2 heterocycles. The van der Waals surface area contributed by atoms with Gasteiger partial charge in [-0.1, -0.05) is 11.6 Å². The Morgan fingerprint density at radius 1 is 1.12 bits per heavy atom. The third kappa shape index (κ3) is 3.76. The van der Waals surface area contributed by atoms with Gasteiger partial charge in [-0.05, 0) is 43.5 Å². The summed E-state index contributed by atoms with van der Waals surface area (Å²) < 4.78 is 2.15. The molecular formula is C19H24ClN5O. The third-order valence-electron chi connectivity index (χ3n) is 5.27. The zero-order chi connectivity index (χ0) is 18.1. The van der Waals surface area contributed by atoms with Crippen LogP contribution in [0.25, 0.3) is 0 Å². The van der Waals surface area contributed by atoms with E-state index in [0.29, 0.717) is 16.5 Å². The Morgan fingerprint density at radius 3 is 2.62 bits per heavy atom. The van der Waals surface area contributed by atoms with Crippen LogP contribution in [-0.2, 0) is 13.6 Å². The van der Waals surface area contributed by atoms with Gasteiger partial charge in [0.25, 0.3) is 5.91 Å². The summed E-state index contributed by atoms with van der Waals surface area (Å²) in [6, 6.07) is 7.13. The summed E-state index contributed by atoms with van der Waals surface area (Å²) in [7, 11) is 2.07. The van der Waals surface area contributed by atoms with Crippen LogP contribution in [0.2, 0.25) is 5.02 Å². The SMILES string of the molecule is Cn1c(CN2CCCN(C(=O)c3ccc(Cl)cc3)CC2)nnc1C1CC1. The van der Waals surface area contributed by atoms with Crippen LogP contribution in [-0.4, -0.2) is 56.7 Å². The molecule has 138 valence electrons. The molecule has 6 nitrogen and oxygen atoms in total. The Hall–Kier alpha value is -1.92. The number of aromatic nitrogens is 3. The highest BCUT2D eigenvalue weighted by Crippen LogP contribution is 2.38. The molecule has 7 heteroatoms. The molecule has 1 saturated carbocycles. The number of hydrogen-bond donors (Lipinski definition) is 0. The van der Waals surface area contributed by atoms with Crippen molar-refractivity contribution < 1.29 is 4.79 Å². The topological polar surface area (TPSA) is 54.3 Å². The van der Waals surface area contributed by atoms with Crippen LogP contribution in [0.3, 0.4) is 0 Å². The van der Waals surface area contributed by atoms with Crippen molar-refractivity contribution in [3.8, 4) is 0 Å². The molecule has 1 aromatic heterocycles. The summed E-state index contributed by atoms with van der Waals surface area (Å²) in [5, 5.41) is 9.41. The molecule has 1 aliphatic heterocycles. The standard InChI is InChI=1S/C19H24ClN5O/c1-23-17(21-22-18(23)14-3-4-14)13-24-9-2-10-25(12-11-24)19(26)15-5-7-16(20)8-6-15/h5-8,14H,2-4,9-13H2,1H3. The predicted octanol–water partition coefficient (Wildman–Crippen LogP) is 2.69. The van der Waals surface area contributed by atoms with Crippen LogP contribution in [0.4, 0.5) is 0 Å².